The monoisotopic (exact) mass is 310 g/mol. The Hall–Kier alpha value is -2.67. The van der Waals surface area contributed by atoms with Crippen LogP contribution in [0.25, 0.3) is 0 Å². The van der Waals surface area contributed by atoms with Crippen LogP contribution in [0.3, 0.4) is 0 Å². The van der Waals surface area contributed by atoms with Gasteiger partial charge >= 0.3 is 0 Å². The van der Waals surface area contributed by atoms with Crippen molar-refractivity contribution >= 4 is 23.0 Å². The van der Waals surface area contributed by atoms with Crippen LogP contribution in [0.15, 0.2) is 53.5 Å². The summed E-state index contributed by atoms with van der Waals surface area (Å²) >= 11 is 0. The van der Waals surface area contributed by atoms with Crippen molar-refractivity contribution in [3.63, 3.8) is 0 Å². The predicted molar refractivity (Wildman–Crippen MR) is 83.1 cm³/mol. The number of carbonyl (C=O) groups is 2. The lowest BCUT2D eigenvalue weighted by atomic mass is 9.88. The molecule has 0 saturated carbocycles. The van der Waals surface area contributed by atoms with Crippen molar-refractivity contribution in [1.29, 1.82) is 0 Å². The van der Waals surface area contributed by atoms with Gasteiger partial charge in [0.1, 0.15) is 0 Å². The Bertz CT molecular complexity index is 794. The fourth-order valence-corrected chi connectivity index (χ4v) is 2.47. The van der Waals surface area contributed by atoms with Gasteiger partial charge in [-0.15, -0.1) is 0 Å². The number of nitrogens with one attached hydrogen (secondary N) is 1. The first-order valence-corrected chi connectivity index (χ1v) is 7.09. The quantitative estimate of drug-likeness (QED) is 0.840. The highest BCUT2D eigenvalue weighted by atomic mass is 16.8. The van der Waals surface area contributed by atoms with Gasteiger partial charge in [-0.3, -0.25) is 14.6 Å². The summed E-state index contributed by atoms with van der Waals surface area (Å²) in [5, 5.41) is 18.7. The van der Waals surface area contributed by atoms with Gasteiger partial charge in [0.15, 0.2) is 11.5 Å². The zero-order valence-corrected chi connectivity index (χ0v) is 12.2. The summed E-state index contributed by atoms with van der Waals surface area (Å²) in [5.41, 5.74) is 2.06. The molecule has 0 radical (unpaired) electrons. The number of carbonyl (C=O) groups excluding carboxylic acids is 2. The van der Waals surface area contributed by atoms with Crippen LogP contribution < -0.4 is 5.23 Å². The van der Waals surface area contributed by atoms with Crippen LogP contribution in [0.5, 0.6) is 0 Å². The van der Waals surface area contributed by atoms with Crippen LogP contribution in [0, 0.1) is 5.21 Å². The highest BCUT2D eigenvalue weighted by Crippen LogP contribution is 2.20. The third-order valence-electron chi connectivity index (χ3n) is 3.72. The van der Waals surface area contributed by atoms with E-state index in [1.165, 1.54) is 12.1 Å². The third-order valence-corrected chi connectivity index (χ3v) is 3.72. The highest BCUT2D eigenvalue weighted by molar-refractivity contribution is 6.52. The zero-order valence-electron chi connectivity index (χ0n) is 12.2. The third kappa shape index (κ3) is 3.09. The van der Waals surface area contributed by atoms with E-state index in [0.29, 0.717) is 11.1 Å². The second kappa shape index (κ2) is 6.21. The number of fused-ring (bicyclic) bond motifs is 1. The van der Waals surface area contributed by atoms with Gasteiger partial charge in [-0.1, -0.05) is 36.4 Å². The van der Waals surface area contributed by atoms with Gasteiger partial charge in [-0.05, 0) is 5.56 Å². The Morgan fingerprint density at radius 2 is 1.70 bits per heavy atom. The Labute approximate surface area is 132 Å². The second-order valence-electron chi connectivity index (χ2n) is 5.24. The average molecular weight is 310 g/mol. The van der Waals surface area contributed by atoms with Crippen LogP contribution in [0.2, 0.25) is 0 Å². The van der Waals surface area contributed by atoms with Crippen molar-refractivity contribution in [3.05, 3.63) is 70.4 Å². The predicted octanol–water partition coefficient (Wildman–Crippen LogP) is 1.50. The molecule has 2 N–H and O–H groups in total. The Morgan fingerprint density at radius 3 is 2.35 bits per heavy atom. The molecular weight excluding hydrogens is 296 g/mol. The fourth-order valence-electron chi connectivity index (χ4n) is 2.47. The summed E-state index contributed by atoms with van der Waals surface area (Å²) in [7, 11) is 0. The van der Waals surface area contributed by atoms with Gasteiger partial charge in [0.2, 0.25) is 5.78 Å². The number of quaternary nitrogens is 1. The molecule has 23 heavy (non-hydrogen) atoms. The molecule has 1 aliphatic carbocycles. The Balaban J connectivity index is 1.81. The number of hydrogen-bond acceptors (Lipinski definition) is 5. The van der Waals surface area contributed by atoms with Crippen molar-refractivity contribution in [1.82, 2.24) is 0 Å². The molecule has 2 aromatic carbocycles. The van der Waals surface area contributed by atoms with Crippen LogP contribution in [0.1, 0.15) is 32.7 Å². The standard InChI is InChI=1S/C17H14N2O4/c20-16-9-15(17(21)14-4-2-1-3-13(14)16)18-10-11-5-7-12(8-6-11)19(22)23/h1-8,19,22H,9-10H2. The molecule has 0 amide bonds. The first-order valence-electron chi connectivity index (χ1n) is 7.09. The number of Topliss-reactive ketones (excluding diaryl/α,β-unsaturated/α-hetero) is 2. The minimum atomic E-state index is -0.993. The van der Waals surface area contributed by atoms with Crippen molar-refractivity contribution in [2.45, 2.75) is 13.0 Å². The molecule has 0 bridgehead atoms. The molecule has 1 atom stereocenters. The Morgan fingerprint density at radius 1 is 1.04 bits per heavy atom. The van der Waals surface area contributed by atoms with Crippen molar-refractivity contribution in [2.24, 2.45) is 4.99 Å². The van der Waals surface area contributed by atoms with Crippen LogP contribution in [0.4, 0.5) is 5.69 Å². The number of ketones is 2. The Kier molecular flexibility index (Phi) is 4.12. The number of benzene rings is 2. The minimum absolute atomic E-state index is 0.00303. The molecule has 1 unspecified atom stereocenters. The summed E-state index contributed by atoms with van der Waals surface area (Å²) in [6, 6.07) is 13.0. The zero-order chi connectivity index (χ0) is 16.4. The SMILES string of the molecule is O=C1CC(=NCc2ccc([NH+]([O-])O)cc2)C(=O)c2ccccc21. The molecule has 0 aliphatic heterocycles. The highest BCUT2D eigenvalue weighted by Gasteiger charge is 2.28. The van der Waals surface area contributed by atoms with E-state index in [0.717, 1.165) is 5.56 Å². The second-order valence-corrected chi connectivity index (χ2v) is 5.24. The molecule has 2 aromatic rings. The van der Waals surface area contributed by atoms with E-state index in [4.69, 9.17) is 5.21 Å². The lowest BCUT2D eigenvalue weighted by molar-refractivity contribution is -0.991. The van der Waals surface area contributed by atoms with Crippen molar-refractivity contribution in [2.75, 3.05) is 0 Å². The minimum Gasteiger partial charge on any atom is -0.595 e. The van der Waals surface area contributed by atoms with Gasteiger partial charge in [-0.2, -0.15) is 5.23 Å². The number of nitrogens with zero attached hydrogens (tertiary/aromatic N) is 1. The first-order chi connectivity index (χ1) is 11.1. The maximum Gasteiger partial charge on any atom is 0.207 e. The largest absolute Gasteiger partial charge is 0.595 e. The molecule has 0 heterocycles. The molecule has 116 valence electrons. The van der Waals surface area contributed by atoms with Crippen molar-refractivity contribution < 1.29 is 20.0 Å². The normalized spacial score (nSPS) is 17.2. The lowest BCUT2D eigenvalue weighted by Gasteiger charge is -2.15. The van der Waals surface area contributed by atoms with E-state index in [1.54, 1.807) is 36.4 Å². The fraction of sp³-hybridized carbons (Fsp3) is 0.118. The summed E-state index contributed by atoms with van der Waals surface area (Å²) in [5.74, 6) is -0.331. The van der Waals surface area contributed by atoms with E-state index in [-0.39, 0.29) is 35.9 Å². The van der Waals surface area contributed by atoms with Crippen molar-refractivity contribution in [3.8, 4) is 0 Å². The van der Waals surface area contributed by atoms with Crippen LogP contribution >= 0.6 is 0 Å². The number of hydrogen-bond donors (Lipinski definition) is 2. The van der Waals surface area contributed by atoms with Gasteiger partial charge in [0, 0.05) is 23.3 Å². The summed E-state index contributed by atoms with van der Waals surface area (Å²) in [4.78, 5) is 28.7. The molecule has 3 rings (SSSR count). The van der Waals surface area contributed by atoms with Crippen LogP contribution in [-0.4, -0.2) is 22.5 Å². The van der Waals surface area contributed by atoms with E-state index in [2.05, 4.69) is 4.99 Å². The van der Waals surface area contributed by atoms with E-state index >= 15 is 0 Å². The summed E-state index contributed by atoms with van der Waals surface area (Å²) in [6.45, 7) is 0.233. The molecule has 1 aliphatic rings. The van der Waals surface area contributed by atoms with E-state index in [1.807, 2.05) is 0 Å². The van der Waals surface area contributed by atoms with E-state index in [9.17, 15) is 14.8 Å². The maximum atomic E-state index is 12.4. The lowest BCUT2D eigenvalue weighted by Crippen LogP contribution is -2.99. The molecule has 6 heteroatoms. The molecule has 0 saturated heterocycles. The van der Waals surface area contributed by atoms with Gasteiger partial charge in [0.05, 0.1) is 18.7 Å². The topological polar surface area (TPSA) is 94.2 Å². The average Bonchev–Trinajstić information content (AvgIpc) is 2.57. The number of rotatable bonds is 3. The molecule has 0 aromatic heterocycles. The molecule has 6 nitrogen and oxygen atoms in total. The smallest absolute Gasteiger partial charge is 0.207 e. The molecular formula is C17H14N2O4. The van der Waals surface area contributed by atoms with Gasteiger partial charge in [-0.25, -0.2) is 5.21 Å². The van der Waals surface area contributed by atoms with Gasteiger partial charge in [0.25, 0.3) is 0 Å². The maximum absolute atomic E-state index is 12.4. The van der Waals surface area contributed by atoms with E-state index < -0.39 is 5.23 Å². The van der Waals surface area contributed by atoms with Crippen LogP contribution in [-0.2, 0) is 6.54 Å². The van der Waals surface area contributed by atoms with Gasteiger partial charge < -0.3 is 5.21 Å². The molecule has 0 fully saturated rings. The number of aliphatic imine (C=N–C) groups is 1. The first kappa shape index (κ1) is 15.2. The summed E-state index contributed by atoms with van der Waals surface area (Å²) in [6.07, 6.45) is 0.00303. The summed E-state index contributed by atoms with van der Waals surface area (Å²) < 4.78 is 0. The molecule has 0 spiro atoms.